The zero-order valence-corrected chi connectivity index (χ0v) is 8.70. The van der Waals surface area contributed by atoms with Gasteiger partial charge in [0.2, 0.25) is 12.5 Å². The first-order valence-corrected chi connectivity index (χ1v) is 4.89. The minimum atomic E-state index is -0.892. The van der Waals surface area contributed by atoms with Gasteiger partial charge in [0, 0.05) is 0 Å². The van der Waals surface area contributed by atoms with E-state index in [0.717, 1.165) is 0 Å². The number of carboxylic acids is 1. The predicted molar refractivity (Wildman–Crippen MR) is 53.0 cm³/mol. The molecule has 1 atom stereocenters. The summed E-state index contributed by atoms with van der Waals surface area (Å²) in [7, 11) is 0. The fourth-order valence-corrected chi connectivity index (χ4v) is 1.60. The van der Waals surface area contributed by atoms with Gasteiger partial charge in [0.1, 0.15) is 0 Å². The highest BCUT2D eigenvalue weighted by atomic mass is 19.1. The highest BCUT2D eigenvalue weighted by Crippen LogP contribution is 2.38. The van der Waals surface area contributed by atoms with Gasteiger partial charge in [-0.1, -0.05) is 13.0 Å². The first-order chi connectivity index (χ1) is 7.59. The van der Waals surface area contributed by atoms with E-state index in [-0.39, 0.29) is 12.5 Å². The van der Waals surface area contributed by atoms with Gasteiger partial charge in [-0.15, -0.1) is 0 Å². The van der Waals surface area contributed by atoms with Gasteiger partial charge < -0.3 is 14.6 Å². The molecule has 1 aliphatic rings. The van der Waals surface area contributed by atoms with Crippen LogP contribution >= 0.6 is 0 Å². The van der Waals surface area contributed by atoms with Gasteiger partial charge >= 0.3 is 5.97 Å². The van der Waals surface area contributed by atoms with E-state index in [1.165, 1.54) is 12.1 Å². The number of carbonyl (C=O) groups is 1. The molecule has 0 radical (unpaired) electrons. The number of fused-ring (bicyclic) bond motifs is 1. The molecule has 5 heteroatoms. The van der Waals surface area contributed by atoms with Gasteiger partial charge in [-0.3, -0.25) is 4.79 Å². The second-order valence-corrected chi connectivity index (χ2v) is 3.71. The Morgan fingerprint density at radius 2 is 2.19 bits per heavy atom. The van der Waals surface area contributed by atoms with E-state index in [9.17, 15) is 9.18 Å². The molecule has 1 unspecified atom stereocenters. The van der Waals surface area contributed by atoms with Crippen molar-refractivity contribution in [2.75, 3.05) is 6.79 Å². The molecule has 0 aliphatic carbocycles. The van der Waals surface area contributed by atoms with E-state index in [4.69, 9.17) is 14.6 Å². The summed E-state index contributed by atoms with van der Waals surface area (Å²) in [5.41, 5.74) is 0.656. The van der Waals surface area contributed by atoms with Crippen LogP contribution in [0.15, 0.2) is 12.1 Å². The van der Waals surface area contributed by atoms with E-state index in [1.807, 2.05) is 0 Å². The fraction of sp³-hybridized carbons (Fsp3) is 0.364. The minimum absolute atomic E-state index is 0.0231. The lowest BCUT2D eigenvalue weighted by Gasteiger charge is -2.09. The van der Waals surface area contributed by atoms with Gasteiger partial charge in [-0.05, 0) is 18.1 Å². The smallest absolute Gasteiger partial charge is 0.306 e. The lowest BCUT2D eigenvalue weighted by atomic mass is 10.00. The molecule has 1 N–H and O–H groups in total. The Bertz CT molecular complexity index is 430. The molecule has 0 bridgehead atoms. The number of benzene rings is 1. The molecule has 0 amide bonds. The van der Waals surface area contributed by atoms with Crippen molar-refractivity contribution in [2.45, 2.75) is 13.3 Å². The van der Waals surface area contributed by atoms with Crippen molar-refractivity contribution < 1.29 is 23.8 Å². The first kappa shape index (κ1) is 10.7. The van der Waals surface area contributed by atoms with E-state index >= 15 is 0 Å². The third-order valence-corrected chi connectivity index (χ3v) is 2.50. The van der Waals surface area contributed by atoms with E-state index < -0.39 is 17.7 Å². The summed E-state index contributed by atoms with van der Waals surface area (Å²) < 4.78 is 23.3. The third kappa shape index (κ3) is 1.80. The molecule has 0 spiro atoms. The Kier molecular flexibility index (Phi) is 2.68. The molecule has 4 nitrogen and oxygen atoms in total. The summed E-state index contributed by atoms with van der Waals surface area (Å²) in [6, 6.07) is 2.79. The molecule has 0 aromatic heterocycles. The Morgan fingerprint density at radius 3 is 2.88 bits per heavy atom. The Labute approximate surface area is 91.6 Å². The second kappa shape index (κ2) is 4.00. The maximum absolute atomic E-state index is 13.2. The number of hydrogen-bond donors (Lipinski definition) is 1. The van der Waals surface area contributed by atoms with Crippen molar-refractivity contribution in [1.29, 1.82) is 0 Å². The van der Waals surface area contributed by atoms with E-state index in [0.29, 0.717) is 17.7 Å². The standard InChI is InChI=1S/C11H11FO4/c1-6(11(13)14)4-7-2-3-8(12)10-9(7)15-5-16-10/h2-3,6H,4-5H2,1H3,(H,13,14). The number of aliphatic carboxylic acids is 1. The number of hydrogen-bond acceptors (Lipinski definition) is 3. The molecule has 0 saturated heterocycles. The number of rotatable bonds is 3. The normalized spacial score (nSPS) is 14.9. The highest BCUT2D eigenvalue weighted by molar-refractivity contribution is 5.70. The Morgan fingerprint density at radius 1 is 1.50 bits per heavy atom. The van der Waals surface area contributed by atoms with Crippen LogP contribution in [0.3, 0.4) is 0 Å². The third-order valence-electron chi connectivity index (χ3n) is 2.50. The zero-order chi connectivity index (χ0) is 11.7. The van der Waals surface area contributed by atoms with Crippen LogP contribution in [0.25, 0.3) is 0 Å². The highest BCUT2D eigenvalue weighted by Gasteiger charge is 2.24. The SMILES string of the molecule is CC(Cc1ccc(F)c2c1OCO2)C(=O)O. The van der Waals surface area contributed by atoms with Crippen molar-refractivity contribution in [3.63, 3.8) is 0 Å². The molecule has 1 aromatic carbocycles. The minimum Gasteiger partial charge on any atom is -0.481 e. The molecule has 2 rings (SSSR count). The van der Waals surface area contributed by atoms with E-state index in [1.54, 1.807) is 6.92 Å². The lowest BCUT2D eigenvalue weighted by Crippen LogP contribution is -2.12. The molecular weight excluding hydrogens is 215 g/mol. The maximum Gasteiger partial charge on any atom is 0.306 e. The second-order valence-electron chi connectivity index (χ2n) is 3.71. The van der Waals surface area contributed by atoms with Crippen molar-refractivity contribution in [3.05, 3.63) is 23.5 Å². The number of carboxylic acid groups (broad SMARTS) is 1. The van der Waals surface area contributed by atoms with Crippen molar-refractivity contribution in [3.8, 4) is 11.5 Å². The number of halogens is 1. The van der Waals surface area contributed by atoms with Crippen molar-refractivity contribution in [2.24, 2.45) is 5.92 Å². The topological polar surface area (TPSA) is 55.8 Å². The summed E-state index contributed by atoms with van der Waals surface area (Å²) in [5, 5.41) is 8.80. The van der Waals surface area contributed by atoms with Gasteiger partial charge in [0.25, 0.3) is 0 Å². The van der Waals surface area contributed by atoms with Crippen molar-refractivity contribution >= 4 is 5.97 Å². The van der Waals surface area contributed by atoms with Crippen LogP contribution in [-0.4, -0.2) is 17.9 Å². The van der Waals surface area contributed by atoms with Gasteiger partial charge in [-0.25, -0.2) is 4.39 Å². The average Bonchev–Trinajstić information content (AvgIpc) is 2.71. The monoisotopic (exact) mass is 226 g/mol. The number of ether oxygens (including phenoxy) is 2. The first-order valence-electron chi connectivity index (χ1n) is 4.89. The molecule has 0 saturated carbocycles. The quantitative estimate of drug-likeness (QED) is 0.854. The van der Waals surface area contributed by atoms with Gasteiger partial charge in [0.15, 0.2) is 11.6 Å². The summed E-state index contributed by atoms with van der Waals surface area (Å²) >= 11 is 0. The van der Waals surface area contributed by atoms with Crippen molar-refractivity contribution in [1.82, 2.24) is 0 Å². The Hall–Kier alpha value is -1.78. The fourth-order valence-electron chi connectivity index (χ4n) is 1.60. The molecule has 1 aliphatic heterocycles. The van der Waals surface area contributed by atoms with Gasteiger partial charge in [-0.2, -0.15) is 0 Å². The average molecular weight is 226 g/mol. The van der Waals surface area contributed by atoms with Crippen LogP contribution in [-0.2, 0) is 11.2 Å². The summed E-state index contributed by atoms with van der Waals surface area (Å²) in [6.45, 7) is 1.57. The van der Waals surface area contributed by atoms with E-state index in [2.05, 4.69) is 0 Å². The van der Waals surface area contributed by atoms with Crippen LogP contribution in [0.4, 0.5) is 4.39 Å². The summed E-state index contributed by atoms with van der Waals surface area (Å²) in [4.78, 5) is 10.7. The van der Waals surface area contributed by atoms with Crippen LogP contribution in [0.5, 0.6) is 11.5 Å². The lowest BCUT2D eigenvalue weighted by molar-refractivity contribution is -0.141. The van der Waals surface area contributed by atoms with Crippen LogP contribution in [0, 0.1) is 11.7 Å². The molecule has 0 fully saturated rings. The molecule has 1 heterocycles. The predicted octanol–water partition coefficient (Wildman–Crippen LogP) is 1.82. The summed E-state index contributed by atoms with van der Waals surface area (Å²) in [6.07, 6.45) is 0.293. The largest absolute Gasteiger partial charge is 0.481 e. The van der Waals surface area contributed by atoms with Crippen LogP contribution in [0.1, 0.15) is 12.5 Å². The van der Waals surface area contributed by atoms with Crippen LogP contribution < -0.4 is 9.47 Å². The zero-order valence-electron chi connectivity index (χ0n) is 8.70. The summed E-state index contributed by atoms with van der Waals surface area (Å²) in [5.74, 6) is -1.52. The molecular formula is C11H11FO4. The molecule has 1 aromatic rings. The Balaban J connectivity index is 2.29. The molecule has 86 valence electrons. The van der Waals surface area contributed by atoms with Crippen LogP contribution in [0.2, 0.25) is 0 Å². The molecule has 16 heavy (non-hydrogen) atoms. The maximum atomic E-state index is 13.2. The van der Waals surface area contributed by atoms with Gasteiger partial charge in [0.05, 0.1) is 5.92 Å².